The Hall–Kier alpha value is -1.79. The molecule has 2 N–H and O–H groups in total. The van der Waals surface area contributed by atoms with Crippen LogP contribution in [-0.4, -0.2) is 23.7 Å². The van der Waals surface area contributed by atoms with Gasteiger partial charge in [0.25, 0.3) is 5.91 Å². The van der Waals surface area contributed by atoms with Gasteiger partial charge in [-0.3, -0.25) is 4.79 Å². The van der Waals surface area contributed by atoms with Gasteiger partial charge < -0.3 is 10.4 Å². The van der Waals surface area contributed by atoms with Gasteiger partial charge in [0.1, 0.15) is 6.61 Å². The van der Waals surface area contributed by atoms with Crippen LogP contribution in [0.2, 0.25) is 0 Å². The first kappa shape index (κ1) is 15.6. The predicted octanol–water partition coefficient (Wildman–Crippen LogP) is 2.65. The van der Waals surface area contributed by atoms with Crippen molar-refractivity contribution in [2.24, 2.45) is 5.41 Å². The highest BCUT2D eigenvalue weighted by atomic mass is 16.2. The molecule has 1 aromatic rings. The van der Waals surface area contributed by atoms with Crippen molar-refractivity contribution in [3.63, 3.8) is 0 Å². The average molecular weight is 285 g/mol. The van der Waals surface area contributed by atoms with Crippen LogP contribution in [0.3, 0.4) is 0 Å². The molecule has 21 heavy (non-hydrogen) atoms. The van der Waals surface area contributed by atoms with E-state index in [0.717, 1.165) is 30.4 Å². The maximum Gasteiger partial charge on any atom is 0.251 e. The summed E-state index contributed by atoms with van der Waals surface area (Å²) in [7, 11) is 0. The monoisotopic (exact) mass is 285 g/mol. The van der Waals surface area contributed by atoms with E-state index < -0.39 is 0 Å². The largest absolute Gasteiger partial charge is 0.384 e. The van der Waals surface area contributed by atoms with Crippen LogP contribution >= 0.6 is 0 Å². The molecule has 1 aromatic carbocycles. The van der Waals surface area contributed by atoms with E-state index in [1.807, 2.05) is 25.1 Å². The summed E-state index contributed by atoms with van der Waals surface area (Å²) in [5.41, 5.74) is 2.66. The molecule has 0 heterocycles. The van der Waals surface area contributed by atoms with Crippen molar-refractivity contribution >= 4 is 5.91 Å². The first-order valence-electron chi connectivity index (χ1n) is 7.43. The van der Waals surface area contributed by atoms with Gasteiger partial charge in [0.2, 0.25) is 0 Å². The third kappa shape index (κ3) is 3.86. The summed E-state index contributed by atoms with van der Waals surface area (Å²) in [4.78, 5) is 12.4. The van der Waals surface area contributed by atoms with Crippen molar-refractivity contribution in [2.45, 2.75) is 46.1 Å². The van der Waals surface area contributed by atoms with Crippen molar-refractivity contribution in [1.29, 1.82) is 0 Å². The molecule has 1 fully saturated rings. The second-order valence-electron chi connectivity index (χ2n) is 6.52. The van der Waals surface area contributed by atoms with E-state index in [4.69, 9.17) is 5.11 Å². The summed E-state index contributed by atoms with van der Waals surface area (Å²) in [6, 6.07) is 5.80. The van der Waals surface area contributed by atoms with E-state index in [9.17, 15) is 4.79 Å². The zero-order chi connectivity index (χ0) is 15.5. The molecule has 2 rings (SSSR count). The third-order valence-corrected chi connectivity index (χ3v) is 4.18. The van der Waals surface area contributed by atoms with E-state index in [0.29, 0.717) is 11.0 Å². The Balaban J connectivity index is 2.13. The Bertz CT molecular complexity index is 593. The van der Waals surface area contributed by atoms with Crippen LogP contribution in [0.15, 0.2) is 18.2 Å². The normalized spacial score (nSPS) is 19.7. The average Bonchev–Trinajstić information content (AvgIpc) is 2.76. The first-order valence-corrected chi connectivity index (χ1v) is 7.43. The van der Waals surface area contributed by atoms with Gasteiger partial charge in [-0.25, -0.2) is 0 Å². The molecule has 1 atom stereocenters. The van der Waals surface area contributed by atoms with Gasteiger partial charge >= 0.3 is 0 Å². The second kappa shape index (κ2) is 6.32. The lowest BCUT2D eigenvalue weighted by atomic mass is 9.92. The number of carbonyl (C=O) groups excluding carboxylic acids is 1. The van der Waals surface area contributed by atoms with Gasteiger partial charge in [-0.15, -0.1) is 0 Å². The lowest BCUT2D eigenvalue weighted by Gasteiger charge is -2.18. The minimum absolute atomic E-state index is 0.0251. The standard InChI is InChI=1S/C18H23NO2/c1-13-14(7-5-11-20)6-4-8-16(13)17(21)19-15-9-10-18(2,3)12-15/h4,6,8,15,20H,9-12H2,1-3H3,(H,19,21). The summed E-state index contributed by atoms with van der Waals surface area (Å²) in [5.74, 6) is 5.49. The van der Waals surface area contributed by atoms with Gasteiger partial charge in [0, 0.05) is 17.2 Å². The highest BCUT2D eigenvalue weighted by Crippen LogP contribution is 2.37. The molecule has 0 spiro atoms. The van der Waals surface area contributed by atoms with Gasteiger partial charge in [-0.05, 0) is 49.3 Å². The Morgan fingerprint density at radius 2 is 2.24 bits per heavy atom. The maximum atomic E-state index is 12.4. The Morgan fingerprint density at radius 1 is 1.48 bits per heavy atom. The molecule has 1 aliphatic carbocycles. The molecule has 112 valence electrons. The molecule has 1 aliphatic rings. The number of benzene rings is 1. The summed E-state index contributed by atoms with van der Waals surface area (Å²) < 4.78 is 0. The lowest BCUT2D eigenvalue weighted by Crippen LogP contribution is -2.34. The molecule has 1 unspecified atom stereocenters. The quantitative estimate of drug-likeness (QED) is 0.821. The summed E-state index contributed by atoms with van der Waals surface area (Å²) in [6.45, 7) is 6.22. The van der Waals surface area contributed by atoms with Crippen LogP contribution in [0.1, 0.15) is 54.6 Å². The molecular formula is C18H23NO2. The smallest absolute Gasteiger partial charge is 0.251 e. The van der Waals surface area contributed by atoms with Crippen LogP contribution in [0.25, 0.3) is 0 Å². The fourth-order valence-corrected chi connectivity index (χ4v) is 2.97. The van der Waals surface area contributed by atoms with E-state index in [-0.39, 0.29) is 18.6 Å². The molecule has 0 aliphatic heterocycles. The number of amides is 1. The minimum atomic E-state index is -0.174. The van der Waals surface area contributed by atoms with Crippen LogP contribution in [0.5, 0.6) is 0 Å². The summed E-state index contributed by atoms with van der Waals surface area (Å²) in [5, 5.41) is 11.9. The molecule has 1 saturated carbocycles. The summed E-state index contributed by atoms with van der Waals surface area (Å²) in [6.07, 6.45) is 3.22. The highest BCUT2D eigenvalue weighted by Gasteiger charge is 2.31. The molecule has 0 aromatic heterocycles. The number of hydrogen-bond donors (Lipinski definition) is 2. The van der Waals surface area contributed by atoms with Crippen LogP contribution in [0.4, 0.5) is 0 Å². The fraction of sp³-hybridized carbons (Fsp3) is 0.500. The van der Waals surface area contributed by atoms with Gasteiger partial charge in [-0.1, -0.05) is 31.8 Å². The molecule has 0 saturated heterocycles. The summed E-state index contributed by atoms with van der Waals surface area (Å²) >= 11 is 0. The van der Waals surface area contributed by atoms with Crippen molar-refractivity contribution < 1.29 is 9.90 Å². The van der Waals surface area contributed by atoms with E-state index in [1.54, 1.807) is 0 Å². The SMILES string of the molecule is Cc1c(C#CCO)cccc1C(=O)NC1CCC(C)(C)C1. The molecule has 0 radical (unpaired) electrons. The Kier molecular flexibility index (Phi) is 4.69. The van der Waals surface area contributed by atoms with Gasteiger partial charge in [-0.2, -0.15) is 0 Å². The molecule has 1 amide bonds. The minimum Gasteiger partial charge on any atom is -0.384 e. The second-order valence-corrected chi connectivity index (χ2v) is 6.52. The van der Waals surface area contributed by atoms with Crippen LogP contribution in [0, 0.1) is 24.2 Å². The van der Waals surface area contributed by atoms with E-state index >= 15 is 0 Å². The van der Waals surface area contributed by atoms with Gasteiger partial charge in [0.15, 0.2) is 0 Å². The van der Waals surface area contributed by atoms with E-state index in [1.165, 1.54) is 0 Å². The highest BCUT2D eigenvalue weighted by molar-refractivity contribution is 5.96. The maximum absolute atomic E-state index is 12.4. The van der Waals surface area contributed by atoms with Crippen molar-refractivity contribution in [2.75, 3.05) is 6.61 Å². The number of aliphatic hydroxyl groups is 1. The molecule has 3 nitrogen and oxygen atoms in total. The third-order valence-electron chi connectivity index (χ3n) is 4.18. The Morgan fingerprint density at radius 3 is 2.86 bits per heavy atom. The number of nitrogens with one attached hydrogen (secondary N) is 1. The van der Waals surface area contributed by atoms with Gasteiger partial charge in [0.05, 0.1) is 0 Å². The van der Waals surface area contributed by atoms with Crippen molar-refractivity contribution in [3.05, 3.63) is 34.9 Å². The van der Waals surface area contributed by atoms with Crippen LogP contribution < -0.4 is 5.32 Å². The first-order chi connectivity index (χ1) is 9.93. The molecule has 0 bridgehead atoms. The zero-order valence-corrected chi connectivity index (χ0v) is 13.0. The fourth-order valence-electron chi connectivity index (χ4n) is 2.97. The lowest BCUT2D eigenvalue weighted by molar-refractivity contribution is 0.0935. The number of aliphatic hydroxyl groups excluding tert-OH is 1. The Labute approximate surface area is 126 Å². The molecule has 3 heteroatoms. The predicted molar refractivity (Wildman–Crippen MR) is 84.0 cm³/mol. The topological polar surface area (TPSA) is 49.3 Å². The zero-order valence-electron chi connectivity index (χ0n) is 13.0. The van der Waals surface area contributed by atoms with Crippen molar-refractivity contribution in [1.82, 2.24) is 5.32 Å². The van der Waals surface area contributed by atoms with Crippen molar-refractivity contribution in [3.8, 4) is 11.8 Å². The number of carbonyl (C=O) groups is 1. The molecular weight excluding hydrogens is 262 g/mol. The number of hydrogen-bond acceptors (Lipinski definition) is 2. The van der Waals surface area contributed by atoms with Crippen LogP contribution in [-0.2, 0) is 0 Å². The number of rotatable bonds is 2. The van der Waals surface area contributed by atoms with E-state index in [2.05, 4.69) is 31.0 Å².